The molecule has 1 aromatic rings. The number of benzene rings is 1. The van der Waals surface area contributed by atoms with Gasteiger partial charge in [-0.05, 0) is 20.0 Å². The molecule has 0 spiro atoms. The van der Waals surface area contributed by atoms with Gasteiger partial charge in [0.1, 0.15) is 5.54 Å². The maximum atomic E-state index is 11.1. The van der Waals surface area contributed by atoms with E-state index < -0.39 is 16.4 Å². The normalized spacial score (nSPS) is 13.6. The number of hydrogen-bond donors (Lipinski definition) is 2. The van der Waals surface area contributed by atoms with E-state index in [1.807, 2.05) is 0 Å². The first-order valence-electron chi connectivity index (χ1n) is 5.80. The smallest absolute Gasteiger partial charge is 0.323 e. The van der Waals surface area contributed by atoms with Gasteiger partial charge >= 0.3 is 11.7 Å². The van der Waals surface area contributed by atoms with Crippen LogP contribution in [0, 0.1) is 10.1 Å². The molecule has 1 atom stereocenters. The highest BCUT2D eigenvalue weighted by atomic mass is 35.5. The average molecular weight is 303 g/mol. The zero-order chi connectivity index (χ0) is 15.3. The number of hydrogen-bond acceptors (Lipinski definition) is 5. The van der Waals surface area contributed by atoms with Gasteiger partial charge in [-0.2, -0.15) is 0 Å². The number of ether oxygens (including phenoxy) is 1. The summed E-state index contributed by atoms with van der Waals surface area (Å²) in [5, 5.41) is 22.7. The number of nitrogens with zero attached hydrogens (tertiary/aromatic N) is 1. The Morgan fingerprint density at radius 2 is 2.25 bits per heavy atom. The Labute approximate surface area is 120 Å². The van der Waals surface area contributed by atoms with Gasteiger partial charge in [0, 0.05) is 12.5 Å². The van der Waals surface area contributed by atoms with E-state index in [-0.39, 0.29) is 29.5 Å². The van der Waals surface area contributed by atoms with Crippen molar-refractivity contribution in [3.8, 4) is 5.75 Å². The van der Waals surface area contributed by atoms with Gasteiger partial charge < -0.3 is 15.2 Å². The summed E-state index contributed by atoms with van der Waals surface area (Å²) in [6.45, 7) is 1.48. The van der Waals surface area contributed by atoms with Crippen molar-refractivity contribution in [3.63, 3.8) is 0 Å². The summed E-state index contributed by atoms with van der Waals surface area (Å²) in [4.78, 5) is 21.3. The molecule has 7 nitrogen and oxygen atoms in total. The van der Waals surface area contributed by atoms with Gasteiger partial charge in [0.2, 0.25) is 5.75 Å². The minimum absolute atomic E-state index is 0.0196. The molecule has 0 heterocycles. The van der Waals surface area contributed by atoms with E-state index in [9.17, 15) is 14.9 Å². The third-order valence-electron chi connectivity index (χ3n) is 3.02. The van der Waals surface area contributed by atoms with Crippen molar-refractivity contribution in [3.05, 3.63) is 33.3 Å². The first kappa shape index (κ1) is 16.2. The van der Waals surface area contributed by atoms with E-state index in [0.717, 1.165) is 0 Å². The lowest BCUT2D eigenvalue weighted by molar-refractivity contribution is -0.385. The Morgan fingerprint density at radius 3 is 2.75 bits per heavy atom. The highest BCUT2D eigenvalue weighted by Crippen LogP contribution is 2.34. The monoisotopic (exact) mass is 302 g/mol. The molecular formula is C12H15ClN2O5. The summed E-state index contributed by atoms with van der Waals surface area (Å²) in [5.41, 5.74) is -1.42. The molecule has 0 saturated carbocycles. The third-order valence-corrected chi connectivity index (χ3v) is 3.31. The molecule has 0 fully saturated rings. The largest absolute Gasteiger partial charge is 0.486 e. The molecule has 0 aliphatic carbocycles. The number of para-hydroxylation sites is 1. The van der Waals surface area contributed by atoms with Gasteiger partial charge in [-0.1, -0.05) is 17.7 Å². The molecule has 1 unspecified atom stereocenters. The minimum Gasteiger partial charge on any atom is -0.486 e. The number of aliphatic carboxylic acids is 1. The number of carboxylic acids is 1. The Bertz CT molecular complexity index is 523. The number of rotatable bonds is 7. The molecular weight excluding hydrogens is 288 g/mol. The first-order chi connectivity index (χ1) is 9.31. The first-order valence-corrected chi connectivity index (χ1v) is 6.17. The molecule has 2 N–H and O–H groups in total. The third kappa shape index (κ3) is 3.58. The SMILES string of the molecule is CNC(C)(CCOc1c(Cl)cccc1[N+](=O)[O-])C(=O)O. The Hall–Kier alpha value is -1.86. The van der Waals surface area contributed by atoms with E-state index in [1.54, 1.807) is 0 Å². The van der Waals surface area contributed by atoms with E-state index in [4.69, 9.17) is 21.4 Å². The predicted octanol–water partition coefficient (Wildman–Crippen LogP) is 2.08. The van der Waals surface area contributed by atoms with E-state index in [0.29, 0.717) is 0 Å². The number of nitro benzene ring substituents is 1. The molecule has 20 heavy (non-hydrogen) atoms. The number of carbonyl (C=O) groups is 1. The van der Waals surface area contributed by atoms with Crippen molar-refractivity contribution in [2.45, 2.75) is 18.9 Å². The quantitative estimate of drug-likeness (QED) is 0.590. The summed E-state index contributed by atoms with van der Waals surface area (Å²) in [5.74, 6) is -1.08. The van der Waals surface area contributed by atoms with Gasteiger partial charge in [-0.3, -0.25) is 14.9 Å². The standard InChI is InChI=1S/C12H15ClN2O5/c1-12(14-2,11(16)17)6-7-20-10-8(13)4-3-5-9(10)15(18)19/h3-5,14H,6-7H2,1-2H3,(H,16,17). The Balaban J connectivity index is 2.81. The second-order valence-corrected chi connectivity index (χ2v) is 4.74. The van der Waals surface area contributed by atoms with Crippen LogP contribution in [-0.4, -0.2) is 35.2 Å². The summed E-state index contributed by atoms with van der Waals surface area (Å²) < 4.78 is 5.30. The average Bonchev–Trinajstić information content (AvgIpc) is 2.39. The molecule has 1 rings (SSSR count). The van der Waals surface area contributed by atoms with Crippen LogP contribution < -0.4 is 10.1 Å². The van der Waals surface area contributed by atoms with E-state index >= 15 is 0 Å². The molecule has 0 saturated heterocycles. The lowest BCUT2D eigenvalue weighted by Crippen LogP contribution is -2.48. The van der Waals surface area contributed by atoms with E-state index in [2.05, 4.69) is 5.32 Å². The molecule has 0 aliphatic heterocycles. The fourth-order valence-corrected chi connectivity index (χ4v) is 1.70. The van der Waals surface area contributed by atoms with Crippen molar-refractivity contribution in [2.24, 2.45) is 0 Å². The topological polar surface area (TPSA) is 102 Å². The fourth-order valence-electron chi connectivity index (χ4n) is 1.48. The lowest BCUT2D eigenvalue weighted by atomic mass is 9.99. The molecule has 1 aromatic carbocycles. The fraction of sp³-hybridized carbons (Fsp3) is 0.417. The minimum atomic E-state index is -1.17. The number of nitro groups is 1. The van der Waals surface area contributed by atoms with Crippen molar-refractivity contribution < 1.29 is 19.6 Å². The number of halogens is 1. The summed E-state index contributed by atoms with van der Waals surface area (Å²) in [6, 6.07) is 4.19. The van der Waals surface area contributed by atoms with Crippen LogP contribution in [0.5, 0.6) is 5.75 Å². The molecule has 0 bridgehead atoms. The number of likely N-dealkylation sites (N-methyl/N-ethyl adjacent to an activating group) is 1. The zero-order valence-corrected chi connectivity index (χ0v) is 11.8. The lowest BCUT2D eigenvalue weighted by Gasteiger charge is -2.24. The maximum Gasteiger partial charge on any atom is 0.323 e. The van der Waals surface area contributed by atoms with Crippen molar-refractivity contribution >= 4 is 23.3 Å². The zero-order valence-electron chi connectivity index (χ0n) is 11.1. The molecule has 0 aliphatic rings. The van der Waals surface area contributed by atoms with Gasteiger partial charge in [-0.15, -0.1) is 0 Å². The molecule has 0 aromatic heterocycles. The van der Waals surface area contributed by atoms with Crippen LogP contribution in [0.1, 0.15) is 13.3 Å². The van der Waals surface area contributed by atoms with Gasteiger partial charge in [-0.25, -0.2) is 0 Å². The van der Waals surface area contributed by atoms with Crippen LogP contribution in [0.3, 0.4) is 0 Å². The number of nitrogens with one attached hydrogen (secondary N) is 1. The van der Waals surface area contributed by atoms with Crippen LogP contribution in [-0.2, 0) is 4.79 Å². The van der Waals surface area contributed by atoms with Crippen LogP contribution in [0.15, 0.2) is 18.2 Å². The Kier molecular flexibility index (Phi) is 5.29. The molecule has 0 radical (unpaired) electrons. The second-order valence-electron chi connectivity index (χ2n) is 4.33. The number of carboxylic acid groups (broad SMARTS) is 1. The van der Waals surface area contributed by atoms with Crippen LogP contribution in [0.4, 0.5) is 5.69 Å². The summed E-state index contributed by atoms with van der Waals surface area (Å²) in [7, 11) is 1.52. The van der Waals surface area contributed by atoms with Crippen molar-refractivity contribution in [2.75, 3.05) is 13.7 Å². The van der Waals surface area contributed by atoms with Gasteiger partial charge in [0.25, 0.3) is 0 Å². The van der Waals surface area contributed by atoms with Gasteiger partial charge in [0.05, 0.1) is 16.6 Å². The van der Waals surface area contributed by atoms with Crippen molar-refractivity contribution in [1.29, 1.82) is 0 Å². The molecule has 0 amide bonds. The van der Waals surface area contributed by atoms with Crippen molar-refractivity contribution in [1.82, 2.24) is 5.32 Å². The van der Waals surface area contributed by atoms with E-state index in [1.165, 1.54) is 32.2 Å². The van der Waals surface area contributed by atoms with Crippen LogP contribution in [0.25, 0.3) is 0 Å². The molecule has 8 heteroatoms. The Morgan fingerprint density at radius 1 is 1.60 bits per heavy atom. The van der Waals surface area contributed by atoms with Crippen LogP contribution >= 0.6 is 11.6 Å². The predicted molar refractivity (Wildman–Crippen MR) is 73.3 cm³/mol. The highest BCUT2D eigenvalue weighted by Gasteiger charge is 2.31. The summed E-state index contributed by atoms with van der Waals surface area (Å²) >= 11 is 5.86. The molecule has 110 valence electrons. The second kappa shape index (κ2) is 6.53. The highest BCUT2D eigenvalue weighted by molar-refractivity contribution is 6.32. The van der Waals surface area contributed by atoms with Crippen LogP contribution in [0.2, 0.25) is 5.02 Å². The maximum absolute atomic E-state index is 11.1. The van der Waals surface area contributed by atoms with Gasteiger partial charge in [0.15, 0.2) is 0 Å². The summed E-state index contributed by atoms with van der Waals surface area (Å²) in [6.07, 6.45) is 0.126.